The molecule has 0 bridgehead atoms. The van der Waals surface area contributed by atoms with Gasteiger partial charge in [-0.25, -0.2) is 4.79 Å². The van der Waals surface area contributed by atoms with Crippen LogP contribution in [0.15, 0.2) is 0 Å². The van der Waals surface area contributed by atoms with Gasteiger partial charge in [0.15, 0.2) is 0 Å². The lowest BCUT2D eigenvalue weighted by atomic mass is 10.0. The van der Waals surface area contributed by atoms with Gasteiger partial charge in [0.25, 0.3) is 0 Å². The molecule has 1 amide bonds. The number of amides is 1. The molecule has 0 saturated carbocycles. The Labute approximate surface area is 122 Å². The highest BCUT2D eigenvalue weighted by Crippen LogP contribution is 2.19. The van der Waals surface area contributed by atoms with Gasteiger partial charge in [-0.2, -0.15) is 0 Å². The van der Waals surface area contributed by atoms with Gasteiger partial charge in [-0.15, -0.1) is 0 Å². The lowest BCUT2D eigenvalue weighted by Crippen LogP contribution is -2.50. The molecule has 2 atom stereocenters. The van der Waals surface area contributed by atoms with Crippen molar-refractivity contribution >= 4 is 6.09 Å². The van der Waals surface area contributed by atoms with Crippen molar-refractivity contribution in [2.45, 2.75) is 70.7 Å². The van der Waals surface area contributed by atoms with Gasteiger partial charge in [0.05, 0.1) is 6.10 Å². The molecule has 2 rings (SSSR count). The molecular formula is C15H28N2O3. The van der Waals surface area contributed by atoms with Crippen LogP contribution in [0.25, 0.3) is 0 Å². The fraction of sp³-hybridized carbons (Fsp3) is 0.933. The third-order valence-corrected chi connectivity index (χ3v) is 3.97. The second kappa shape index (κ2) is 6.31. The van der Waals surface area contributed by atoms with Crippen LogP contribution in [0.3, 0.4) is 0 Å². The smallest absolute Gasteiger partial charge is 0.410 e. The Kier molecular flexibility index (Phi) is 4.91. The minimum absolute atomic E-state index is 0.187. The van der Waals surface area contributed by atoms with Crippen LogP contribution < -0.4 is 5.32 Å². The first-order valence-electron chi connectivity index (χ1n) is 7.71. The van der Waals surface area contributed by atoms with Crippen molar-refractivity contribution in [1.29, 1.82) is 0 Å². The maximum absolute atomic E-state index is 12.0. The van der Waals surface area contributed by atoms with Crippen LogP contribution in [-0.2, 0) is 9.47 Å². The molecule has 20 heavy (non-hydrogen) atoms. The molecule has 0 aliphatic carbocycles. The molecule has 2 saturated heterocycles. The highest BCUT2D eigenvalue weighted by atomic mass is 16.6. The van der Waals surface area contributed by atoms with Crippen molar-refractivity contribution in [1.82, 2.24) is 10.2 Å². The summed E-state index contributed by atoms with van der Waals surface area (Å²) in [4.78, 5) is 13.8. The van der Waals surface area contributed by atoms with Gasteiger partial charge in [0, 0.05) is 31.8 Å². The van der Waals surface area contributed by atoms with Crippen molar-refractivity contribution in [3.63, 3.8) is 0 Å². The molecule has 5 heteroatoms. The Morgan fingerprint density at radius 1 is 1.25 bits per heavy atom. The summed E-state index contributed by atoms with van der Waals surface area (Å²) in [7, 11) is 0. The zero-order chi connectivity index (χ0) is 14.8. The minimum Gasteiger partial charge on any atom is -0.444 e. The monoisotopic (exact) mass is 284 g/mol. The highest BCUT2D eigenvalue weighted by Gasteiger charge is 2.30. The first-order chi connectivity index (χ1) is 9.35. The van der Waals surface area contributed by atoms with Gasteiger partial charge in [-0.1, -0.05) is 0 Å². The van der Waals surface area contributed by atoms with Crippen LogP contribution in [0.1, 0.15) is 47.0 Å². The molecule has 5 nitrogen and oxygen atoms in total. The number of nitrogens with zero attached hydrogens (tertiary/aromatic N) is 1. The van der Waals surface area contributed by atoms with E-state index in [-0.39, 0.29) is 6.09 Å². The van der Waals surface area contributed by atoms with Crippen LogP contribution >= 0.6 is 0 Å². The van der Waals surface area contributed by atoms with Crippen molar-refractivity contribution in [3.05, 3.63) is 0 Å². The van der Waals surface area contributed by atoms with Gasteiger partial charge in [-0.05, 0) is 47.0 Å². The fourth-order valence-corrected chi connectivity index (χ4v) is 2.81. The third-order valence-electron chi connectivity index (χ3n) is 3.97. The molecule has 116 valence electrons. The summed E-state index contributed by atoms with van der Waals surface area (Å²) >= 11 is 0. The van der Waals surface area contributed by atoms with Crippen LogP contribution in [0.5, 0.6) is 0 Å². The SMILES string of the molecule is CC1OCCC1NC1CCN(C(=O)OC(C)(C)C)CC1. The summed E-state index contributed by atoms with van der Waals surface area (Å²) < 4.78 is 11.0. The van der Waals surface area contributed by atoms with Gasteiger partial charge in [0.1, 0.15) is 5.60 Å². The van der Waals surface area contributed by atoms with Crippen LogP contribution in [0.2, 0.25) is 0 Å². The maximum Gasteiger partial charge on any atom is 0.410 e. The summed E-state index contributed by atoms with van der Waals surface area (Å²) in [5, 5.41) is 3.67. The fourth-order valence-electron chi connectivity index (χ4n) is 2.81. The number of carbonyl (C=O) groups is 1. The predicted octanol–water partition coefficient (Wildman–Crippen LogP) is 2.15. The standard InChI is InChI=1S/C15H28N2O3/c1-11-13(7-10-19-11)16-12-5-8-17(9-6-12)14(18)20-15(2,3)4/h11-13,16H,5-10H2,1-4H3. The Hall–Kier alpha value is -0.810. The van der Waals surface area contributed by atoms with E-state index < -0.39 is 5.60 Å². The number of carbonyl (C=O) groups excluding carboxylic acids is 1. The summed E-state index contributed by atoms with van der Waals surface area (Å²) in [6.07, 6.45) is 3.19. The number of likely N-dealkylation sites (tertiary alicyclic amines) is 1. The predicted molar refractivity (Wildman–Crippen MR) is 77.8 cm³/mol. The van der Waals surface area contributed by atoms with Crippen LogP contribution in [-0.4, -0.2) is 54.5 Å². The number of hydrogen-bond acceptors (Lipinski definition) is 4. The zero-order valence-electron chi connectivity index (χ0n) is 13.1. The molecule has 0 radical (unpaired) electrons. The van der Waals surface area contributed by atoms with Crippen molar-refractivity contribution < 1.29 is 14.3 Å². The van der Waals surface area contributed by atoms with E-state index in [2.05, 4.69) is 12.2 Å². The summed E-state index contributed by atoms with van der Waals surface area (Å²) in [5.41, 5.74) is -0.414. The summed E-state index contributed by atoms with van der Waals surface area (Å²) in [6, 6.07) is 0.955. The average Bonchev–Trinajstić information content (AvgIpc) is 2.74. The van der Waals surface area contributed by atoms with E-state index in [4.69, 9.17) is 9.47 Å². The zero-order valence-corrected chi connectivity index (χ0v) is 13.1. The van der Waals surface area contributed by atoms with Gasteiger partial charge in [0.2, 0.25) is 0 Å². The van der Waals surface area contributed by atoms with E-state index in [0.717, 1.165) is 39.0 Å². The number of piperidine rings is 1. The molecule has 2 aliphatic rings. The first-order valence-corrected chi connectivity index (χ1v) is 7.71. The number of ether oxygens (including phenoxy) is 2. The van der Waals surface area contributed by atoms with Crippen molar-refractivity contribution in [2.24, 2.45) is 0 Å². The molecule has 0 aromatic carbocycles. The third kappa shape index (κ3) is 4.35. The minimum atomic E-state index is -0.414. The molecule has 2 heterocycles. The normalized spacial score (nSPS) is 28.7. The van der Waals surface area contributed by atoms with Gasteiger partial charge >= 0.3 is 6.09 Å². The van der Waals surface area contributed by atoms with E-state index in [1.165, 1.54) is 0 Å². The molecule has 1 N–H and O–H groups in total. The van der Waals surface area contributed by atoms with Crippen molar-refractivity contribution in [3.8, 4) is 0 Å². The Morgan fingerprint density at radius 2 is 1.90 bits per heavy atom. The number of nitrogens with one attached hydrogen (secondary N) is 1. The van der Waals surface area contributed by atoms with Gasteiger partial charge < -0.3 is 19.7 Å². The number of hydrogen-bond donors (Lipinski definition) is 1. The summed E-state index contributed by atoms with van der Waals surface area (Å²) in [5.74, 6) is 0. The first kappa shape index (κ1) is 15.6. The van der Waals surface area contributed by atoms with E-state index in [1.807, 2.05) is 25.7 Å². The topological polar surface area (TPSA) is 50.8 Å². The van der Waals surface area contributed by atoms with Gasteiger partial charge in [-0.3, -0.25) is 0 Å². The molecular weight excluding hydrogens is 256 g/mol. The van der Waals surface area contributed by atoms with Crippen LogP contribution in [0.4, 0.5) is 4.79 Å². The Balaban J connectivity index is 1.73. The second-order valence-electron chi connectivity index (χ2n) is 6.88. The van der Waals surface area contributed by atoms with E-state index in [0.29, 0.717) is 18.2 Å². The summed E-state index contributed by atoms with van der Waals surface area (Å²) in [6.45, 7) is 10.2. The molecule has 2 unspecified atom stereocenters. The molecule has 0 spiro atoms. The Morgan fingerprint density at radius 3 is 2.40 bits per heavy atom. The molecule has 0 aromatic heterocycles. The second-order valence-corrected chi connectivity index (χ2v) is 6.88. The van der Waals surface area contributed by atoms with Crippen LogP contribution in [0, 0.1) is 0 Å². The largest absolute Gasteiger partial charge is 0.444 e. The van der Waals surface area contributed by atoms with E-state index in [1.54, 1.807) is 0 Å². The maximum atomic E-state index is 12.0. The quantitative estimate of drug-likeness (QED) is 0.844. The number of rotatable bonds is 2. The molecule has 2 aliphatic heterocycles. The molecule has 2 fully saturated rings. The average molecular weight is 284 g/mol. The van der Waals surface area contributed by atoms with E-state index >= 15 is 0 Å². The lowest BCUT2D eigenvalue weighted by Gasteiger charge is -2.35. The molecule has 0 aromatic rings. The highest BCUT2D eigenvalue weighted by molar-refractivity contribution is 5.68. The van der Waals surface area contributed by atoms with Crippen molar-refractivity contribution in [2.75, 3.05) is 19.7 Å². The Bertz CT molecular complexity index is 333. The lowest BCUT2D eigenvalue weighted by molar-refractivity contribution is 0.0191. The van der Waals surface area contributed by atoms with E-state index in [9.17, 15) is 4.79 Å².